The topological polar surface area (TPSA) is 93.4 Å². The lowest BCUT2D eigenvalue weighted by Gasteiger charge is -2.19. The normalized spacial score (nSPS) is 11.6. The molecule has 0 bridgehead atoms. The molecule has 1 atom stereocenters. The van der Waals surface area contributed by atoms with E-state index in [0.29, 0.717) is 13.2 Å². The SMILES string of the molecule is COCc1cccc(CNC(=O)CC(NC(N)=O)c2ccccc2C)c1. The third kappa shape index (κ3) is 5.89. The van der Waals surface area contributed by atoms with E-state index in [0.717, 1.165) is 22.3 Å². The van der Waals surface area contributed by atoms with Crippen LogP contribution >= 0.6 is 0 Å². The van der Waals surface area contributed by atoms with Gasteiger partial charge in [-0.05, 0) is 29.2 Å². The van der Waals surface area contributed by atoms with Crippen molar-refractivity contribution in [1.82, 2.24) is 10.6 Å². The minimum atomic E-state index is -0.654. The minimum Gasteiger partial charge on any atom is -0.380 e. The lowest BCUT2D eigenvalue weighted by atomic mass is 9.98. The molecule has 26 heavy (non-hydrogen) atoms. The van der Waals surface area contributed by atoms with Crippen LogP contribution in [0, 0.1) is 6.92 Å². The molecule has 0 fully saturated rings. The lowest BCUT2D eigenvalue weighted by molar-refractivity contribution is -0.121. The molecule has 0 heterocycles. The van der Waals surface area contributed by atoms with E-state index in [1.165, 1.54) is 0 Å². The highest BCUT2D eigenvalue weighted by atomic mass is 16.5. The largest absolute Gasteiger partial charge is 0.380 e. The first-order valence-electron chi connectivity index (χ1n) is 8.44. The Hall–Kier alpha value is -2.86. The fourth-order valence-corrected chi connectivity index (χ4v) is 2.84. The predicted molar refractivity (Wildman–Crippen MR) is 100 cm³/mol. The van der Waals surface area contributed by atoms with Gasteiger partial charge in [-0.15, -0.1) is 0 Å². The number of nitrogens with one attached hydrogen (secondary N) is 2. The van der Waals surface area contributed by atoms with Crippen LogP contribution in [0.5, 0.6) is 0 Å². The average molecular weight is 355 g/mol. The van der Waals surface area contributed by atoms with Crippen LogP contribution in [-0.4, -0.2) is 19.0 Å². The molecule has 138 valence electrons. The van der Waals surface area contributed by atoms with Crippen LogP contribution in [-0.2, 0) is 22.7 Å². The summed E-state index contributed by atoms with van der Waals surface area (Å²) in [5, 5.41) is 5.54. The number of hydrogen-bond donors (Lipinski definition) is 3. The number of ether oxygens (including phenoxy) is 1. The number of carbonyl (C=O) groups excluding carboxylic acids is 2. The quantitative estimate of drug-likeness (QED) is 0.679. The molecule has 2 aromatic rings. The summed E-state index contributed by atoms with van der Waals surface area (Å²) >= 11 is 0. The molecule has 0 aliphatic carbocycles. The van der Waals surface area contributed by atoms with Crippen LogP contribution in [0.1, 0.15) is 34.7 Å². The number of methoxy groups -OCH3 is 1. The van der Waals surface area contributed by atoms with Gasteiger partial charge in [-0.1, -0.05) is 48.5 Å². The summed E-state index contributed by atoms with van der Waals surface area (Å²) in [6, 6.07) is 14.3. The number of aryl methyl sites for hydroxylation is 1. The molecule has 0 spiro atoms. The Morgan fingerprint density at radius 3 is 2.54 bits per heavy atom. The van der Waals surface area contributed by atoms with Crippen molar-refractivity contribution in [3.05, 3.63) is 70.8 Å². The number of urea groups is 1. The number of nitrogens with two attached hydrogens (primary N) is 1. The minimum absolute atomic E-state index is 0.117. The summed E-state index contributed by atoms with van der Waals surface area (Å²) in [4.78, 5) is 23.7. The number of rotatable bonds is 8. The average Bonchev–Trinajstić information content (AvgIpc) is 2.60. The van der Waals surface area contributed by atoms with Crippen LogP contribution in [0.3, 0.4) is 0 Å². The Labute approximate surface area is 153 Å². The van der Waals surface area contributed by atoms with Gasteiger partial charge in [0.1, 0.15) is 0 Å². The van der Waals surface area contributed by atoms with Gasteiger partial charge in [0.25, 0.3) is 0 Å². The van der Waals surface area contributed by atoms with E-state index in [4.69, 9.17) is 10.5 Å². The first-order valence-corrected chi connectivity index (χ1v) is 8.44. The van der Waals surface area contributed by atoms with Crippen LogP contribution in [0.2, 0.25) is 0 Å². The molecule has 4 N–H and O–H groups in total. The van der Waals surface area contributed by atoms with E-state index in [2.05, 4.69) is 10.6 Å². The number of benzene rings is 2. The standard InChI is InChI=1S/C20H25N3O3/c1-14-6-3-4-9-17(14)18(23-20(21)25)11-19(24)22-12-15-7-5-8-16(10-15)13-26-2/h3-10,18H,11-13H2,1-2H3,(H,22,24)(H3,21,23,25). The summed E-state index contributed by atoms with van der Waals surface area (Å²) in [5.41, 5.74) is 9.18. The van der Waals surface area contributed by atoms with Gasteiger partial charge in [-0.2, -0.15) is 0 Å². The number of carbonyl (C=O) groups is 2. The fourth-order valence-electron chi connectivity index (χ4n) is 2.84. The first kappa shape index (κ1) is 19.5. The van der Waals surface area contributed by atoms with Crippen molar-refractivity contribution < 1.29 is 14.3 Å². The Morgan fingerprint density at radius 1 is 1.12 bits per heavy atom. The summed E-state index contributed by atoms with van der Waals surface area (Å²) in [7, 11) is 1.64. The molecule has 0 saturated carbocycles. The zero-order chi connectivity index (χ0) is 18.9. The van der Waals surface area contributed by atoms with Crippen LogP contribution in [0.4, 0.5) is 4.79 Å². The second-order valence-corrected chi connectivity index (χ2v) is 6.15. The number of amides is 3. The van der Waals surface area contributed by atoms with Crippen molar-refractivity contribution in [2.45, 2.75) is 32.5 Å². The van der Waals surface area contributed by atoms with Crippen molar-refractivity contribution in [3.63, 3.8) is 0 Å². The third-order valence-electron chi connectivity index (χ3n) is 4.06. The Bertz CT molecular complexity index is 761. The van der Waals surface area contributed by atoms with Gasteiger partial charge in [-0.3, -0.25) is 4.79 Å². The second-order valence-electron chi connectivity index (χ2n) is 6.15. The van der Waals surface area contributed by atoms with Crippen LogP contribution in [0.25, 0.3) is 0 Å². The maximum absolute atomic E-state index is 12.4. The number of primary amides is 1. The highest BCUT2D eigenvalue weighted by Crippen LogP contribution is 2.20. The van der Waals surface area contributed by atoms with Gasteiger partial charge in [0.2, 0.25) is 5.91 Å². The lowest BCUT2D eigenvalue weighted by Crippen LogP contribution is -2.36. The van der Waals surface area contributed by atoms with Crippen LogP contribution in [0.15, 0.2) is 48.5 Å². The first-order chi connectivity index (χ1) is 12.5. The van der Waals surface area contributed by atoms with E-state index >= 15 is 0 Å². The molecule has 0 aliphatic heterocycles. The van der Waals surface area contributed by atoms with E-state index in [-0.39, 0.29) is 12.3 Å². The molecule has 2 aromatic carbocycles. The maximum Gasteiger partial charge on any atom is 0.312 e. The molecule has 3 amide bonds. The molecule has 6 heteroatoms. The van der Waals surface area contributed by atoms with Gasteiger partial charge in [0, 0.05) is 13.7 Å². The molecule has 1 unspecified atom stereocenters. The monoisotopic (exact) mass is 355 g/mol. The van der Waals surface area contributed by atoms with E-state index in [1.54, 1.807) is 7.11 Å². The summed E-state index contributed by atoms with van der Waals surface area (Å²) in [5.74, 6) is -0.163. The van der Waals surface area contributed by atoms with Gasteiger partial charge < -0.3 is 21.1 Å². The smallest absolute Gasteiger partial charge is 0.312 e. The maximum atomic E-state index is 12.4. The van der Waals surface area contributed by atoms with Crippen molar-refractivity contribution in [2.24, 2.45) is 5.73 Å². The van der Waals surface area contributed by atoms with E-state index in [9.17, 15) is 9.59 Å². The highest BCUT2D eigenvalue weighted by Gasteiger charge is 2.18. The summed E-state index contributed by atoms with van der Waals surface area (Å²) in [6.45, 7) is 2.87. The van der Waals surface area contributed by atoms with Crippen LogP contribution < -0.4 is 16.4 Å². The van der Waals surface area contributed by atoms with E-state index < -0.39 is 12.1 Å². The van der Waals surface area contributed by atoms with Crippen molar-refractivity contribution in [2.75, 3.05) is 7.11 Å². The Kier molecular flexibility index (Phi) is 7.17. The van der Waals surface area contributed by atoms with Crippen molar-refractivity contribution in [1.29, 1.82) is 0 Å². The van der Waals surface area contributed by atoms with Gasteiger partial charge in [0.15, 0.2) is 0 Å². The van der Waals surface area contributed by atoms with E-state index in [1.807, 2.05) is 55.5 Å². The van der Waals surface area contributed by atoms with Gasteiger partial charge >= 0.3 is 6.03 Å². The van der Waals surface area contributed by atoms with Gasteiger partial charge in [-0.25, -0.2) is 4.79 Å². The zero-order valence-electron chi connectivity index (χ0n) is 15.1. The third-order valence-corrected chi connectivity index (χ3v) is 4.06. The van der Waals surface area contributed by atoms with Crippen molar-refractivity contribution >= 4 is 11.9 Å². The molecule has 0 aliphatic rings. The van der Waals surface area contributed by atoms with Gasteiger partial charge in [0.05, 0.1) is 19.1 Å². The Balaban J connectivity index is 2.00. The molecule has 0 aromatic heterocycles. The molecule has 0 saturated heterocycles. The molecular weight excluding hydrogens is 330 g/mol. The highest BCUT2D eigenvalue weighted by molar-refractivity contribution is 5.78. The zero-order valence-corrected chi connectivity index (χ0v) is 15.1. The predicted octanol–water partition coefficient (Wildman–Crippen LogP) is 2.56. The Morgan fingerprint density at radius 2 is 1.85 bits per heavy atom. The molecule has 6 nitrogen and oxygen atoms in total. The fraction of sp³-hybridized carbons (Fsp3) is 0.300. The number of hydrogen-bond acceptors (Lipinski definition) is 3. The summed E-state index contributed by atoms with van der Waals surface area (Å²) < 4.78 is 5.12. The molecule has 2 rings (SSSR count). The van der Waals surface area contributed by atoms with Crippen molar-refractivity contribution in [3.8, 4) is 0 Å². The molecular formula is C20H25N3O3. The second kappa shape index (κ2) is 9.58. The summed E-state index contributed by atoms with van der Waals surface area (Å²) in [6.07, 6.45) is 0.117. The molecule has 0 radical (unpaired) electrons.